The van der Waals surface area contributed by atoms with Gasteiger partial charge in [-0.15, -0.1) is 5.92 Å². The van der Waals surface area contributed by atoms with E-state index < -0.39 is 17.7 Å². The van der Waals surface area contributed by atoms with Crippen LogP contribution in [0, 0.1) is 11.8 Å². The molecule has 0 saturated heterocycles. The molecule has 0 bridgehead atoms. The molecule has 0 saturated carbocycles. The Balaban J connectivity index is 2.11. The van der Waals surface area contributed by atoms with Crippen molar-refractivity contribution < 1.29 is 17.3 Å². The number of hydrogen-bond donors (Lipinski definition) is 0. The van der Waals surface area contributed by atoms with Gasteiger partial charge in [0.05, 0.1) is 0 Å². The van der Waals surface area contributed by atoms with Crippen LogP contribution >= 0.6 is 0 Å². The summed E-state index contributed by atoms with van der Waals surface area (Å²) in [6.07, 6.45) is 0.757. The predicted molar refractivity (Wildman–Crippen MR) is 99.8 cm³/mol. The van der Waals surface area contributed by atoms with Crippen LogP contribution in [0.2, 0.25) is 0 Å². The van der Waals surface area contributed by atoms with Gasteiger partial charge >= 0.3 is 11.4 Å². The number of rotatable bonds is 9. The zero-order valence-electron chi connectivity index (χ0n) is 14.4. The van der Waals surface area contributed by atoms with Crippen LogP contribution in [0.15, 0.2) is 54.6 Å². The molecule has 0 aliphatic rings. The van der Waals surface area contributed by atoms with Crippen molar-refractivity contribution in [3.05, 3.63) is 54.6 Å². The Bertz CT molecular complexity index is 734. The van der Waals surface area contributed by atoms with Crippen LogP contribution in [0.5, 0.6) is 5.75 Å². The second-order valence-corrected chi connectivity index (χ2v) is 6.02. The summed E-state index contributed by atoms with van der Waals surface area (Å²) >= 11 is -1.91. The van der Waals surface area contributed by atoms with Gasteiger partial charge in [-0.25, -0.2) is 4.18 Å². The van der Waals surface area contributed by atoms with Gasteiger partial charge in [-0.05, 0) is 18.6 Å². The Hall–Kier alpha value is -2.13. The first-order valence-electron chi connectivity index (χ1n) is 8.17. The van der Waals surface area contributed by atoms with E-state index in [1.54, 1.807) is 6.92 Å². The normalized spacial score (nSPS) is 12.7. The summed E-state index contributed by atoms with van der Waals surface area (Å²) in [5.74, 6) is 6.03. The molecule has 5 heteroatoms. The van der Waals surface area contributed by atoms with Crippen LogP contribution in [-0.4, -0.2) is 17.1 Å². The molecule has 2 aromatic rings. The lowest BCUT2D eigenvalue weighted by Crippen LogP contribution is -2.23. The van der Waals surface area contributed by atoms with E-state index in [0.717, 1.165) is 17.5 Å². The van der Waals surface area contributed by atoms with E-state index in [-0.39, 0.29) is 6.61 Å². The second-order valence-electron chi connectivity index (χ2n) is 5.19. The largest absolute Gasteiger partial charge is 0.463 e. The third-order valence-corrected chi connectivity index (χ3v) is 4.03. The lowest BCUT2D eigenvalue weighted by atomic mass is 10.1. The fourth-order valence-corrected chi connectivity index (χ4v) is 2.72. The summed E-state index contributed by atoms with van der Waals surface area (Å²) < 4.78 is 28.3. The molecule has 0 spiro atoms. The number of para-hydroxylation sites is 1. The summed E-state index contributed by atoms with van der Waals surface area (Å²) in [7, 11) is 0. The van der Waals surface area contributed by atoms with Gasteiger partial charge in [-0.1, -0.05) is 67.8 Å². The number of hydrogen-bond acceptors (Lipinski definition) is 4. The highest BCUT2D eigenvalue weighted by Gasteiger charge is 2.17. The molecule has 132 valence electrons. The lowest BCUT2D eigenvalue weighted by Gasteiger charge is -2.19. The van der Waals surface area contributed by atoms with Crippen molar-refractivity contribution in [3.8, 4) is 28.7 Å². The van der Waals surface area contributed by atoms with E-state index in [1.165, 1.54) is 0 Å². The van der Waals surface area contributed by atoms with E-state index in [0.29, 0.717) is 12.2 Å². The van der Waals surface area contributed by atoms with Crippen LogP contribution in [0.1, 0.15) is 26.7 Å². The molecule has 2 unspecified atom stereocenters. The number of benzene rings is 2. The fraction of sp³-hybridized carbons (Fsp3) is 0.300. The van der Waals surface area contributed by atoms with Crippen LogP contribution in [0.4, 0.5) is 0 Å². The highest BCUT2D eigenvalue weighted by atomic mass is 32.2. The van der Waals surface area contributed by atoms with Gasteiger partial charge in [0, 0.05) is 12.0 Å². The molecule has 2 aromatic carbocycles. The molecular formula is C20H22O4S. The zero-order valence-corrected chi connectivity index (χ0v) is 15.3. The van der Waals surface area contributed by atoms with Crippen molar-refractivity contribution >= 4 is 11.4 Å². The maximum Gasteiger partial charge on any atom is 0.309 e. The van der Waals surface area contributed by atoms with Crippen molar-refractivity contribution in [1.82, 2.24) is 0 Å². The summed E-state index contributed by atoms with van der Waals surface area (Å²) in [6, 6.07) is 17.7. The topological polar surface area (TPSA) is 44.8 Å². The molecule has 2 atom stereocenters. The molecule has 0 amide bonds. The second kappa shape index (κ2) is 10.7. The van der Waals surface area contributed by atoms with Crippen LogP contribution in [0.25, 0.3) is 11.1 Å². The van der Waals surface area contributed by atoms with Gasteiger partial charge in [0.15, 0.2) is 0 Å². The quantitative estimate of drug-likeness (QED) is 0.489. The fourth-order valence-electron chi connectivity index (χ4n) is 2.19. The Labute approximate surface area is 152 Å². The SMILES string of the molecule is CC#CCOS(=O)OC(CCC)Oc1ccccc1-c1ccccc1. The molecule has 2 rings (SSSR count). The van der Waals surface area contributed by atoms with Crippen molar-refractivity contribution in [1.29, 1.82) is 0 Å². The van der Waals surface area contributed by atoms with Crippen molar-refractivity contribution in [3.63, 3.8) is 0 Å². The summed E-state index contributed by atoms with van der Waals surface area (Å²) in [6.45, 7) is 3.76. The maximum absolute atomic E-state index is 11.9. The molecule has 0 aromatic heterocycles. The number of ether oxygens (including phenoxy) is 1. The van der Waals surface area contributed by atoms with E-state index in [2.05, 4.69) is 11.8 Å². The van der Waals surface area contributed by atoms with Crippen LogP contribution < -0.4 is 4.74 Å². The Morgan fingerprint density at radius 3 is 2.52 bits per heavy atom. The average Bonchev–Trinajstić information content (AvgIpc) is 2.63. The average molecular weight is 358 g/mol. The summed E-state index contributed by atoms with van der Waals surface area (Å²) in [4.78, 5) is 0. The van der Waals surface area contributed by atoms with Crippen molar-refractivity contribution in [2.45, 2.75) is 33.0 Å². The maximum atomic E-state index is 11.9. The smallest absolute Gasteiger partial charge is 0.309 e. The minimum atomic E-state index is -1.91. The zero-order chi connectivity index (χ0) is 17.9. The monoisotopic (exact) mass is 358 g/mol. The third kappa shape index (κ3) is 6.35. The Morgan fingerprint density at radius 2 is 1.80 bits per heavy atom. The summed E-state index contributed by atoms with van der Waals surface area (Å²) in [5, 5.41) is 0. The van der Waals surface area contributed by atoms with Crippen LogP contribution in [-0.2, 0) is 19.7 Å². The molecule has 0 radical (unpaired) electrons. The van der Waals surface area contributed by atoms with E-state index >= 15 is 0 Å². The highest BCUT2D eigenvalue weighted by Crippen LogP contribution is 2.31. The van der Waals surface area contributed by atoms with Gasteiger partial charge in [0.1, 0.15) is 12.4 Å². The van der Waals surface area contributed by atoms with Gasteiger partial charge in [-0.3, -0.25) is 4.18 Å². The molecule has 25 heavy (non-hydrogen) atoms. The highest BCUT2D eigenvalue weighted by molar-refractivity contribution is 7.75. The molecule has 0 heterocycles. The standard InChI is InChI=1S/C20H22O4S/c1-3-5-16-22-25(21)24-20(11-4-2)23-19-15-10-9-14-18(19)17-12-7-6-8-13-17/h6-10,12-15,20H,4,11,16H2,1-2H3. The minimum absolute atomic E-state index is 0.0581. The third-order valence-electron chi connectivity index (χ3n) is 3.34. The first kappa shape index (κ1) is 19.2. The van der Waals surface area contributed by atoms with E-state index in [1.807, 2.05) is 61.5 Å². The van der Waals surface area contributed by atoms with Crippen LogP contribution in [0.3, 0.4) is 0 Å². The molecule has 0 fully saturated rings. The van der Waals surface area contributed by atoms with Gasteiger partial charge in [0.2, 0.25) is 6.29 Å². The molecule has 0 aliphatic carbocycles. The first-order chi connectivity index (χ1) is 12.2. The Morgan fingerprint density at radius 1 is 1.08 bits per heavy atom. The van der Waals surface area contributed by atoms with E-state index in [9.17, 15) is 4.21 Å². The van der Waals surface area contributed by atoms with Crippen molar-refractivity contribution in [2.75, 3.05) is 6.61 Å². The molecule has 0 N–H and O–H groups in total. The molecule has 0 aliphatic heterocycles. The van der Waals surface area contributed by atoms with Gasteiger partial charge in [-0.2, -0.15) is 4.21 Å². The van der Waals surface area contributed by atoms with Gasteiger partial charge < -0.3 is 4.74 Å². The summed E-state index contributed by atoms with van der Waals surface area (Å²) in [5.41, 5.74) is 2.00. The first-order valence-corrected chi connectivity index (χ1v) is 9.17. The van der Waals surface area contributed by atoms with Gasteiger partial charge in [0.25, 0.3) is 0 Å². The van der Waals surface area contributed by atoms with Crippen molar-refractivity contribution in [2.24, 2.45) is 0 Å². The lowest BCUT2D eigenvalue weighted by molar-refractivity contribution is 0.00105. The van der Waals surface area contributed by atoms with E-state index in [4.69, 9.17) is 13.1 Å². The molecular weight excluding hydrogens is 336 g/mol. The Kier molecular flexibility index (Phi) is 8.20. The predicted octanol–water partition coefficient (Wildman–Crippen LogP) is 4.49. The molecule has 4 nitrogen and oxygen atoms in total. The minimum Gasteiger partial charge on any atom is -0.463 e.